The minimum Gasteiger partial charge on any atom is -0.351 e. The number of halogens is 1. The normalized spacial score (nSPS) is 17.1. The van der Waals surface area contributed by atoms with Gasteiger partial charge in [-0.3, -0.25) is 4.79 Å². The summed E-state index contributed by atoms with van der Waals surface area (Å²) >= 11 is 0. The van der Waals surface area contributed by atoms with Crippen LogP contribution < -0.4 is 10.6 Å². The fourth-order valence-corrected chi connectivity index (χ4v) is 2.66. The molecule has 0 aromatic heterocycles. The van der Waals surface area contributed by atoms with E-state index in [1.807, 2.05) is 26.0 Å². The van der Waals surface area contributed by atoms with Crippen molar-refractivity contribution in [3.8, 4) is 0 Å². The lowest BCUT2D eigenvalue weighted by molar-refractivity contribution is 0.0921. The van der Waals surface area contributed by atoms with E-state index in [0.29, 0.717) is 0 Å². The minimum atomic E-state index is 0. The Kier molecular flexibility index (Phi) is 6.03. The number of rotatable bonds is 3. The van der Waals surface area contributed by atoms with Gasteiger partial charge in [0.25, 0.3) is 5.91 Å². The predicted molar refractivity (Wildman–Crippen MR) is 85.7 cm³/mol. The molecule has 1 saturated heterocycles. The Morgan fingerprint density at radius 1 is 1.30 bits per heavy atom. The summed E-state index contributed by atoms with van der Waals surface area (Å²) in [5.41, 5.74) is 3.27. The second-order valence-electron chi connectivity index (χ2n) is 6.06. The van der Waals surface area contributed by atoms with E-state index in [4.69, 9.17) is 0 Å². The van der Waals surface area contributed by atoms with Gasteiger partial charge in [-0.15, -0.1) is 12.4 Å². The molecule has 3 nitrogen and oxygen atoms in total. The SMILES string of the molecule is Cc1ccc(C(=O)NCC2(C)CCNCC2)c(C)c1.Cl. The summed E-state index contributed by atoms with van der Waals surface area (Å²) < 4.78 is 0. The molecule has 0 radical (unpaired) electrons. The second kappa shape index (κ2) is 7.09. The zero-order valence-corrected chi connectivity index (χ0v) is 13.4. The number of aryl methyl sites for hydroxylation is 2. The summed E-state index contributed by atoms with van der Waals surface area (Å²) in [4.78, 5) is 12.2. The van der Waals surface area contributed by atoms with Crippen molar-refractivity contribution in [2.75, 3.05) is 19.6 Å². The zero-order valence-electron chi connectivity index (χ0n) is 12.6. The van der Waals surface area contributed by atoms with Crippen molar-refractivity contribution in [1.82, 2.24) is 10.6 Å². The summed E-state index contributed by atoms with van der Waals surface area (Å²) in [7, 11) is 0. The highest BCUT2D eigenvalue weighted by Gasteiger charge is 2.27. The Morgan fingerprint density at radius 3 is 2.55 bits per heavy atom. The molecule has 1 aromatic rings. The van der Waals surface area contributed by atoms with Crippen molar-refractivity contribution in [1.29, 1.82) is 0 Å². The Hall–Kier alpha value is -1.06. The number of benzene rings is 1. The van der Waals surface area contributed by atoms with Gasteiger partial charge in [-0.05, 0) is 56.8 Å². The quantitative estimate of drug-likeness (QED) is 0.900. The molecular formula is C16H25ClN2O. The maximum atomic E-state index is 12.2. The number of nitrogens with one attached hydrogen (secondary N) is 2. The lowest BCUT2D eigenvalue weighted by Crippen LogP contribution is -2.43. The Bertz CT molecular complexity index is 468. The maximum Gasteiger partial charge on any atom is 0.251 e. The molecule has 1 amide bonds. The molecule has 1 heterocycles. The van der Waals surface area contributed by atoms with Crippen LogP contribution >= 0.6 is 12.4 Å². The molecule has 0 bridgehead atoms. The number of carbonyl (C=O) groups is 1. The molecule has 112 valence electrons. The summed E-state index contributed by atoms with van der Waals surface area (Å²) in [5.74, 6) is 0.0530. The van der Waals surface area contributed by atoms with E-state index in [1.54, 1.807) is 0 Å². The standard InChI is InChI=1S/C16H24N2O.ClH/c1-12-4-5-14(13(2)10-12)15(19)18-11-16(3)6-8-17-9-7-16;/h4-5,10,17H,6-9,11H2,1-3H3,(H,18,19);1H. The Labute approximate surface area is 127 Å². The van der Waals surface area contributed by atoms with Gasteiger partial charge in [0.1, 0.15) is 0 Å². The second-order valence-corrected chi connectivity index (χ2v) is 6.06. The van der Waals surface area contributed by atoms with E-state index < -0.39 is 0 Å². The Balaban J connectivity index is 0.00000200. The predicted octanol–water partition coefficient (Wildman–Crippen LogP) is 2.84. The number of carbonyl (C=O) groups excluding carboxylic acids is 1. The third kappa shape index (κ3) is 4.22. The highest BCUT2D eigenvalue weighted by Crippen LogP contribution is 2.26. The van der Waals surface area contributed by atoms with Crippen LogP contribution in [0, 0.1) is 19.3 Å². The number of amides is 1. The van der Waals surface area contributed by atoms with Gasteiger partial charge < -0.3 is 10.6 Å². The summed E-state index contributed by atoms with van der Waals surface area (Å²) in [6.07, 6.45) is 2.25. The van der Waals surface area contributed by atoms with Gasteiger partial charge in [-0.25, -0.2) is 0 Å². The number of hydrogen-bond acceptors (Lipinski definition) is 2. The van der Waals surface area contributed by atoms with E-state index in [-0.39, 0.29) is 23.7 Å². The van der Waals surface area contributed by atoms with Crippen LogP contribution in [0.25, 0.3) is 0 Å². The van der Waals surface area contributed by atoms with E-state index >= 15 is 0 Å². The van der Waals surface area contributed by atoms with Crippen LogP contribution in [-0.4, -0.2) is 25.5 Å². The lowest BCUT2D eigenvalue weighted by atomic mass is 9.81. The first kappa shape index (κ1) is 17.0. The molecule has 0 saturated carbocycles. The molecule has 1 aliphatic heterocycles. The van der Waals surface area contributed by atoms with Crippen molar-refractivity contribution >= 4 is 18.3 Å². The molecule has 0 atom stereocenters. The van der Waals surface area contributed by atoms with Gasteiger partial charge in [-0.2, -0.15) is 0 Å². The summed E-state index contributed by atoms with van der Waals surface area (Å²) in [5, 5.41) is 6.46. The molecule has 1 fully saturated rings. The molecule has 1 aromatic carbocycles. The van der Waals surface area contributed by atoms with Crippen molar-refractivity contribution < 1.29 is 4.79 Å². The zero-order chi connectivity index (χ0) is 13.9. The van der Waals surface area contributed by atoms with E-state index in [1.165, 1.54) is 5.56 Å². The van der Waals surface area contributed by atoms with Crippen LogP contribution in [0.1, 0.15) is 41.3 Å². The van der Waals surface area contributed by atoms with Crippen molar-refractivity contribution in [3.05, 3.63) is 34.9 Å². The first-order valence-electron chi connectivity index (χ1n) is 7.06. The fraction of sp³-hybridized carbons (Fsp3) is 0.562. The average Bonchev–Trinajstić information content (AvgIpc) is 2.37. The highest BCUT2D eigenvalue weighted by molar-refractivity contribution is 5.95. The molecule has 2 N–H and O–H groups in total. The molecular weight excluding hydrogens is 272 g/mol. The fourth-order valence-electron chi connectivity index (χ4n) is 2.66. The molecule has 2 rings (SSSR count). The minimum absolute atomic E-state index is 0. The topological polar surface area (TPSA) is 41.1 Å². The van der Waals surface area contributed by atoms with Gasteiger partial charge in [-0.1, -0.05) is 24.6 Å². The smallest absolute Gasteiger partial charge is 0.251 e. The monoisotopic (exact) mass is 296 g/mol. The molecule has 4 heteroatoms. The molecule has 20 heavy (non-hydrogen) atoms. The van der Waals surface area contributed by atoms with Crippen LogP contribution in [0.2, 0.25) is 0 Å². The molecule has 0 unspecified atom stereocenters. The third-order valence-electron chi connectivity index (χ3n) is 4.11. The van der Waals surface area contributed by atoms with Gasteiger partial charge in [0.2, 0.25) is 0 Å². The average molecular weight is 297 g/mol. The van der Waals surface area contributed by atoms with Gasteiger partial charge >= 0.3 is 0 Å². The van der Waals surface area contributed by atoms with Crippen LogP contribution in [0.4, 0.5) is 0 Å². The molecule has 0 spiro atoms. The van der Waals surface area contributed by atoms with Crippen LogP contribution in [-0.2, 0) is 0 Å². The first-order chi connectivity index (χ1) is 9.00. The van der Waals surface area contributed by atoms with Crippen LogP contribution in [0.15, 0.2) is 18.2 Å². The van der Waals surface area contributed by atoms with Gasteiger partial charge in [0.15, 0.2) is 0 Å². The van der Waals surface area contributed by atoms with Crippen molar-refractivity contribution in [3.63, 3.8) is 0 Å². The van der Waals surface area contributed by atoms with Gasteiger partial charge in [0.05, 0.1) is 0 Å². The maximum absolute atomic E-state index is 12.2. The van der Waals surface area contributed by atoms with Gasteiger partial charge in [0, 0.05) is 12.1 Å². The van der Waals surface area contributed by atoms with E-state index in [9.17, 15) is 4.79 Å². The van der Waals surface area contributed by atoms with Crippen molar-refractivity contribution in [2.24, 2.45) is 5.41 Å². The van der Waals surface area contributed by atoms with E-state index in [0.717, 1.165) is 43.6 Å². The largest absolute Gasteiger partial charge is 0.351 e. The Morgan fingerprint density at radius 2 is 1.95 bits per heavy atom. The third-order valence-corrected chi connectivity index (χ3v) is 4.11. The molecule has 0 aliphatic carbocycles. The number of hydrogen-bond donors (Lipinski definition) is 2. The number of piperidine rings is 1. The molecule has 1 aliphatic rings. The van der Waals surface area contributed by atoms with E-state index in [2.05, 4.69) is 23.6 Å². The summed E-state index contributed by atoms with van der Waals surface area (Å²) in [6, 6.07) is 5.97. The van der Waals surface area contributed by atoms with Crippen LogP contribution in [0.5, 0.6) is 0 Å². The lowest BCUT2D eigenvalue weighted by Gasteiger charge is -2.34. The van der Waals surface area contributed by atoms with Crippen molar-refractivity contribution in [2.45, 2.75) is 33.6 Å². The van der Waals surface area contributed by atoms with Crippen LogP contribution in [0.3, 0.4) is 0 Å². The summed E-state index contributed by atoms with van der Waals surface area (Å²) in [6.45, 7) is 9.17. The first-order valence-corrected chi connectivity index (χ1v) is 7.06. The highest BCUT2D eigenvalue weighted by atomic mass is 35.5.